The fraction of sp³-hybridized carbons (Fsp3) is 0.870. The second-order valence-electron chi connectivity index (χ2n) is 22.7. The smallest absolute Gasteiger partial charge is 0.306 e. The third kappa shape index (κ3) is 62.4. The maximum atomic E-state index is 12.9. The molecule has 0 saturated heterocycles. The first-order valence-corrected chi connectivity index (χ1v) is 33.5. The second kappa shape index (κ2) is 64.2. The molecule has 0 aliphatic rings. The van der Waals surface area contributed by atoms with Gasteiger partial charge in [-0.15, -0.1) is 0 Å². The van der Waals surface area contributed by atoms with E-state index in [4.69, 9.17) is 14.2 Å². The molecule has 0 N–H and O–H groups in total. The average Bonchev–Trinajstić information content (AvgIpc) is 3.41. The van der Waals surface area contributed by atoms with Crippen molar-refractivity contribution >= 4 is 17.9 Å². The number of carbonyl (C=O) groups excluding carboxylic acids is 3. The van der Waals surface area contributed by atoms with Crippen LogP contribution in [0.15, 0.2) is 36.5 Å². The fourth-order valence-electron chi connectivity index (χ4n) is 10.1. The molecule has 0 bridgehead atoms. The molecule has 1 atom stereocenters. The molecule has 0 rings (SSSR count). The molecule has 0 aromatic carbocycles. The van der Waals surface area contributed by atoms with Crippen LogP contribution in [0.2, 0.25) is 0 Å². The monoisotopic (exact) mass is 1050 g/mol. The van der Waals surface area contributed by atoms with E-state index in [0.29, 0.717) is 19.3 Å². The average molecular weight is 1050 g/mol. The van der Waals surface area contributed by atoms with Crippen molar-refractivity contribution in [1.29, 1.82) is 0 Å². The van der Waals surface area contributed by atoms with Crippen molar-refractivity contribution in [3.63, 3.8) is 0 Å². The Hall–Kier alpha value is -2.37. The van der Waals surface area contributed by atoms with E-state index in [1.165, 1.54) is 257 Å². The van der Waals surface area contributed by atoms with Gasteiger partial charge in [0, 0.05) is 19.3 Å². The molecule has 0 aliphatic carbocycles. The Morgan fingerprint density at radius 1 is 0.267 bits per heavy atom. The van der Waals surface area contributed by atoms with Crippen molar-refractivity contribution in [2.45, 2.75) is 374 Å². The summed E-state index contributed by atoms with van der Waals surface area (Å²) in [5, 5.41) is 0. The largest absolute Gasteiger partial charge is 0.462 e. The molecule has 6 nitrogen and oxygen atoms in total. The zero-order valence-corrected chi connectivity index (χ0v) is 50.6. The Bertz CT molecular complexity index is 1250. The molecule has 440 valence electrons. The van der Waals surface area contributed by atoms with Gasteiger partial charge in [-0.3, -0.25) is 14.4 Å². The zero-order chi connectivity index (χ0) is 54.3. The van der Waals surface area contributed by atoms with Gasteiger partial charge in [0.15, 0.2) is 6.10 Å². The van der Waals surface area contributed by atoms with Crippen LogP contribution >= 0.6 is 0 Å². The molecule has 6 heteroatoms. The number of hydrogen-bond donors (Lipinski definition) is 0. The first-order chi connectivity index (χ1) is 37.0. The van der Waals surface area contributed by atoms with Gasteiger partial charge in [0.1, 0.15) is 13.2 Å². The first-order valence-electron chi connectivity index (χ1n) is 33.5. The third-order valence-electron chi connectivity index (χ3n) is 15.1. The Morgan fingerprint density at radius 2 is 0.480 bits per heavy atom. The van der Waals surface area contributed by atoms with Crippen LogP contribution in [0.4, 0.5) is 0 Å². The van der Waals surface area contributed by atoms with Crippen molar-refractivity contribution in [2.24, 2.45) is 0 Å². The molecule has 0 spiro atoms. The van der Waals surface area contributed by atoms with Crippen LogP contribution in [0.25, 0.3) is 0 Å². The van der Waals surface area contributed by atoms with Crippen LogP contribution in [0.3, 0.4) is 0 Å². The highest BCUT2D eigenvalue weighted by Gasteiger charge is 2.19. The van der Waals surface area contributed by atoms with Gasteiger partial charge in [-0.25, -0.2) is 0 Å². The number of rotatable bonds is 62. The minimum Gasteiger partial charge on any atom is -0.462 e. The van der Waals surface area contributed by atoms with E-state index < -0.39 is 6.10 Å². The summed E-state index contributed by atoms with van der Waals surface area (Å²) in [6.07, 6.45) is 78.8. The SMILES string of the molecule is CCCCC/C=C\CCCCCCCC(=O)OCC(COC(=O)CCCCCCCCCCCCC/C=C\C/C=C\CCCCCCC)OC(=O)CCCCCCCCCCCCCCCCCCCCCCCC. The minimum atomic E-state index is -0.774. The molecule has 1 unspecified atom stereocenters. The Labute approximate surface area is 467 Å². The van der Waals surface area contributed by atoms with Crippen LogP contribution in [-0.2, 0) is 28.6 Å². The number of esters is 3. The molecule has 0 heterocycles. The molecule has 0 aliphatic heterocycles. The number of ether oxygens (including phenoxy) is 3. The maximum Gasteiger partial charge on any atom is 0.306 e. The van der Waals surface area contributed by atoms with Gasteiger partial charge in [-0.1, -0.05) is 308 Å². The first kappa shape index (κ1) is 72.6. The lowest BCUT2D eigenvalue weighted by Crippen LogP contribution is -2.30. The summed E-state index contributed by atoms with van der Waals surface area (Å²) in [4.78, 5) is 38.3. The van der Waals surface area contributed by atoms with Gasteiger partial charge in [0.05, 0.1) is 0 Å². The summed E-state index contributed by atoms with van der Waals surface area (Å²) >= 11 is 0. The third-order valence-corrected chi connectivity index (χ3v) is 15.1. The Morgan fingerprint density at radius 3 is 0.773 bits per heavy atom. The predicted octanol–water partition coefficient (Wildman–Crippen LogP) is 22.8. The summed E-state index contributed by atoms with van der Waals surface area (Å²) in [7, 11) is 0. The van der Waals surface area contributed by atoms with E-state index in [9.17, 15) is 14.4 Å². The summed E-state index contributed by atoms with van der Waals surface area (Å²) in [5.74, 6) is -0.857. The highest BCUT2D eigenvalue weighted by atomic mass is 16.6. The second-order valence-corrected chi connectivity index (χ2v) is 22.7. The van der Waals surface area contributed by atoms with Crippen molar-refractivity contribution in [3.8, 4) is 0 Å². The van der Waals surface area contributed by atoms with Gasteiger partial charge in [-0.2, -0.15) is 0 Å². The summed E-state index contributed by atoms with van der Waals surface area (Å²) in [5.41, 5.74) is 0. The molecule has 0 saturated carbocycles. The van der Waals surface area contributed by atoms with Crippen molar-refractivity contribution in [2.75, 3.05) is 13.2 Å². The lowest BCUT2D eigenvalue weighted by atomic mass is 10.0. The van der Waals surface area contributed by atoms with E-state index in [1.807, 2.05) is 0 Å². The minimum absolute atomic E-state index is 0.0715. The van der Waals surface area contributed by atoms with E-state index in [-0.39, 0.29) is 31.1 Å². The lowest BCUT2D eigenvalue weighted by molar-refractivity contribution is -0.167. The van der Waals surface area contributed by atoms with Crippen molar-refractivity contribution in [1.82, 2.24) is 0 Å². The topological polar surface area (TPSA) is 78.9 Å². The highest BCUT2D eigenvalue weighted by Crippen LogP contribution is 2.18. The van der Waals surface area contributed by atoms with Crippen LogP contribution < -0.4 is 0 Å². The van der Waals surface area contributed by atoms with Gasteiger partial charge in [0.25, 0.3) is 0 Å². The predicted molar refractivity (Wildman–Crippen MR) is 326 cm³/mol. The van der Waals surface area contributed by atoms with Gasteiger partial charge in [0.2, 0.25) is 0 Å². The number of allylic oxidation sites excluding steroid dienone is 6. The summed E-state index contributed by atoms with van der Waals surface area (Å²) in [6.45, 7) is 6.66. The van der Waals surface area contributed by atoms with Crippen LogP contribution in [0, 0.1) is 0 Å². The van der Waals surface area contributed by atoms with E-state index in [2.05, 4.69) is 57.2 Å². The van der Waals surface area contributed by atoms with Crippen LogP contribution in [-0.4, -0.2) is 37.2 Å². The van der Waals surface area contributed by atoms with E-state index >= 15 is 0 Å². The molecule has 0 amide bonds. The Kier molecular flexibility index (Phi) is 62.1. The normalized spacial score (nSPS) is 12.2. The molecule has 0 radical (unpaired) electrons. The molecule has 0 fully saturated rings. The van der Waals surface area contributed by atoms with Crippen LogP contribution in [0.5, 0.6) is 0 Å². The molecular weight excluding hydrogens is 925 g/mol. The highest BCUT2D eigenvalue weighted by molar-refractivity contribution is 5.71. The molecule has 75 heavy (non-hydrogen) atoms. The number of hydrogen-bond acceptors (Lipinski definition) is 6. The van der Waals surface area contributed by atoms with Gasteiger partial charge >= 0.3 is 17.9 Å². The number of carbonyl (C=O) groups is 3. The molecule has 0 aromatic heterocycles. The molecule has 0 aromatic rings. The standard InChI is InChI=1S/C69H128O6/c1-4-7-10-13-16-19-22-25-27-29-31-33-35-37-38-40-42-44-47-50-53-56-59-62-68(71)74-65-66(64-73-67(70)61-58-55-52-49-46-24-21-18-15-12-9-6-3)75-69(72)63-60-57-54-51-48-45-43-41-39-36-34-32-30-28-26-23-20-17-14-11-8-5-2/h18,21-22,25,29,31,66H,4-17,19-20,23-24,26-28,30,32-65H2,1-3H3/b21-18-,25-22-,31-29-. The quantitative estimate of drug-likeness (QED) is 0.0261. The zero-order valence-electron chi connectivity index (χ0n) is 50.6. The van der Waals surface area contributed by atoms with Crippen LogP contribution in [0.1, 0.15) is 367 Å². The summed E-state index contributed by atoms with van der Waals surface area (Å²) in [6, 6.07) is 0. The van der Waals surface area contributed by atoms with E-state index in [0.717, 1.165) is 70.6 Å². The summed E-state index contributed by atoms with van der Waals surface area (Å²) < 4.78 is 16.9. The van der Waals surface area contributed by atoms with Gasteiger partial charge < -0.3 is 14.2 Å². The van der Waals surface area contributed by atoms with Gasteiger partial charge in [-0.05, 0) is 77.0 Å². The number of unbranched alkanes of at least 4 members (excludes halogenated alkanes) is 45. The lowest BCUT2D eigenvalue weighted by Gasteiger charge is -2.18. The van der Waals surface area contributed by atoms with E-state index in [1.54, 1.807) is 0 Å². The maximum absolute atomic E-state index is 12.9. The Balaban J connectivity index is 4.24. The van der Waals surface area contributed by atoms with Crippen molar-refractivity contribution < 1.29 is 28.6 Å². The van der Waals surface area contributed by atoms with Crippen molar-refractivity contribution in [3.05, 3.63) is 36.5 Å². The molecular formula is C69H128O6. The fourth-order valence-corrected chi connectivity index (χ4v) is 10.1.